The highest BCUT2D eigenvalue weighted by Crippen LogP contribution is 2.28. The van der Waals surface area contributed by atoms with Crippen LogP contribution in [0.25, 0.3) is 0 Å². The van der Waals surface area contributed by atoms with E-state index in [-0.39, 0.29) is 0 Å². The summed E-state index contributed by atoms with van der Waals surface area (Å²) >= 11 is 0. The SMILES string of the molecule is Cc1cc(C)c(S(=O)(=O)N2CCC(CNCCCCNCC3CCNCC3)CC2)c(C)c1. The Kier molecular flexibility index (Phi) is 9.98. The molecule has 1 aromatic carbocycles. The second-order valence-electron chi connectivity index (χ2n) is 9.88. The smallest absolute Gasteiger partial charge is 0.243 e. The Bertz CT molecular complexity index is 790. The average molecular weight is 465 g/mol. The molecule has 0 spiro atoms. The molecular formula is C25H44N4O2S. The number of rotatable bonds is 11. The molecule has 1 aromatic rings. The maximum Gasteiger partial charge on any atom is 0.243 e. The van der Waals surface area contributed by atoms with Gasteiger partial charge in [0.15, 0.2) is 0 Å². The number of nitrogens with one attached hydrogen (secondary N) is 3. The second kappa shape index (κ2) is 12.5. The Balaban J connectivity index is 1.30. The van der Waals surface area contributed by atoms with Crippen molar-refractivity contribution in [3.63, 3.8) is 0 Å². The summed E-state index contributed by atoms with van der Waals surface area (Å²) in [7, 11) is -3.41. The van der Waals surface area contributed by atoms with Gasteiger partial charge in [-0.15, -0.1) is 0 Å². The second-order valence-corrected chi connectivity index (χ2v) is 11.8. The number of benzene rings is 1. The van der Waals surface area contributed by atoms with Gasteiger partial charge >= 0.3 is 0 Å². The lowest BCUT2D eigenvalue weighted by molar-refractivity contribution is 0.267. The first-order valence-corrected chi connectivity index (χ1v) is 14.0. The van der Waals surface area contributed by atoms with E-state index in [1.807, 2.05) is 32.9 Å². The van der Waals surface area contributed by atoms with Crippen molar-refractivity contribution in [1.82, 2.24) is 20.3 Å². The fourth-order valence-corrected chi connectivity index (χ4v) is 7.14. The topological polar surface area (TPSA) is 73.5 Å². The maximum atomic E-state index is 13.2. The predicted molar refractivity (Wildman–Crippen MR) is 133 cm³/mol. The molecule has 2 aliphatic rings. The molecule has 182 valence electrons. The minimum absolute atomic E-state index is 0.508. The van der Waals surface area contributed by atoms with Gasteiger partial charge in [0.1, 0.15) is 0 Å². The summed E-state index contributed by atoms with van der Waals surface area (Å²) in [4.78, 5) is 0.508. The summed E-state index contributed by atoms with van der Waals surface area (Å²) in [6.07, 6.45) is 6.89. The summed E-state index contributed by atoms with van der Waals surface area (Å²) in [5.41, 5.74) is 2.83. The molecule has 2 aliphatic heterocycles. The van der Waals surface area contributed by atoms with Gasteiger partial charge in [-0.2, -0.15) is 4.31 Å². The van der Waals surface area contributed by atoms with E-state index < -0.39 is 10.0 Å². The van der Waals surface area contributed by atoms with E-state index in [9.17, 15) is 8.42 Å². The maximum absolute atomic E-state index is 13.2. The van der Waals surface area contributed by atoms with E-state index in [4.69, 9.17) is 0 Å². The highest BCUT2D eigenvalue weighted by molar-refractivity contribution is 7.89. The Morgan fingerprint density at radius 3 is 1.91 bits per heavy atom. The van der Waals surface area contributed by atoms with Crippen LogP contribution in [0.15, 0.2) is 17.0 Å². The minimum Gasteiger partial charge on any atom is -0.317 e. The van der Waals surface area contributed by atoms with Gasteiger partial charge in [-0.3, -0.25) is 0 Å². The molecule has 0 atom stereocenters. The molecule has 0 aliphatic carbocycles. The zero-order chi connectivity index (χ0) is 23.0. The van der Waals surface area contributed by atoms with Crippen molar-refractivity contribution in [2.75, 3.05) is 52.4 Å². The van der Waals surface area contributed by atoms with Gasteiger partial charge in [0.2, 0.25) is 10.0 Å². The summed E-state index contributed by atoms with van der Waals surface area (Å²) < 4.78 is 28.2. The molecule has 0 radical (unpaired) electrons. The van der Waals surface area contributed by atoms with Crippen LogP contribution >= 0.6 is 0 Å². The molecule has 0 bridgehead atoms. The Morgan fingerprint density at radius 2 is 1.38 bits per heavy atom. The molecule has 0 saturated carbocycles. The first-order chi connectivity index (χ1) is 15.4. The van der Waals surface area contributed by atoms with E-state index in [0.29, 0.717) is 23.9 Å². The molecule has 0 aromatic heterocycles. The zero-order valence-corrected chi connectivity index (χ0v) is 21.2. The van der Waals surface area contributed by atoms with Gasteiger partial charge in [0.05, 0.1) is 4.90 Å². The van der Waals surface area contributed by atoms with E-state index in [1.165, 1.54) is 38.8 Å². The lowest BCUT2D eigenvalue weighted by atomic mass is 9.98. The van der Waals surface area contributed by atoms with Crippen LogP contribution in [0.3, 0.4) is 0 Å². The molecule has 2 heterocycles. The van der Waals surface area contributed by atoms with Crippen LogP contribution in [0.5, 0.6) is 0 Å². The van der Waals surface area contributed by atoms with Crippen LogP contribution in [0.1, 0.15) is 55.2 Å². The Morgan fingerprint density at radius 1 is 0.875 bits per heavy atom. The monoisotopic (exact) mass is 464 g/mol. The van der Waals surface area contributed by atoms with Crippen LogP contribution in [-0.4, -0.2) is 65.1 Å². The lowest BCUT2D eigenvalue weighted by Gasteiger charge is -2.32. The van der Waals surface area contributed by atoms with Gasteiger partial charge < -0.3 is 16.0 Å². The van der Waals surface area contributed by atoms with Crippen molar-refractivity contribution in [2.45, 2.75) is 64.2 Å². The van der Waals surface area contributed by atoms with Crippen molar-refractivity contribution in [2.24, 2.45) is 11.8 Å². The quantitative estimate of drug-likeness (QED) is 0.439. The highest BCUT2D eigenvalue weighted by atomic mass is 32.2. The summed E-state index contributed by atoms with van der Waals surface area (Å²) in [5, 5.41) is 10.6. The van der Waals surface area contributed by atoms with Gasteiger partial charge in [0.25, 0.3) is 0 Å². The molecule has 0 unspecified atom stereocenters. The first kappa shape index (κ1) is 25.6. The third-order valence-corrected chi connectivity index (χ3v) is 9.26. The van der Waals surface area contributed by atoms with Gasteiger partial charge in [-0.05, 0) is 122 Å². The van der Waals surface area contributed by atoms with Crippen LogP contribution in [0, 0.1) is 32.6 Å². The molecule has 2 saturated heterocycles. The van der Waals surface area contributed by atoms with Crippen LogP contribution in [0.4, 0.5) is 0 Å². The number of piperidine rings is 2. The van der Waals surface area contributed by atoms with Gasteiger partial charge in [0, 0.05) is 13.1 Å². The number of sulfonamides is 1. The van der Waals surface area contributed by atoms with Crippen molar-refractivity contribution in [3.05, 3.63) is 28.8 Å². The Labute approximate surface area is 196 Å². The van der Waals surface area contributed by atoms with Gasteiger partial charge in [-0.1, -0.05) is 17.7 Å². The molecule has 7 heteroatoms. The predicted octanol–water partition coefficient (Wildman–Crippen LogP) is 2.97. The third kappa shape index (κ3) is 7.26. The number of aryl methyl sites for hydroxylation is 3. The summed E-state index contributed by atoms with van der Waals surface area (Å²) in [6, 6.07) is 3.94. The number of hydrogen-bond donors (Lipinski definition) is 3. The molecule has 3 N–H and O–H groups in total. The molecule has 6 nitrogen and oxygen atoms in total. The van der Waals surface area contributed by atoms with E-state index in [1.54, 1.807) is 4.31 Å². The molecule has 3 rings (SSSR count). The first-order valence-electron chi connectivity index (χ1n) is 12.6. The average Bonchev–Trinajstić information content (AvgIpc) is 2.75. The van der Waals surface area contributed by atoms with Crippen LogP contribution in [-0.2, 0) is 10.0 Å². The zero-order valence-electron chi connectivity index (χ0n) is 20.4. The van der Waals surface area contributed by atoms with Crippen molar-refractivity contribution in [3.8, 4) is 0 Å². The van der Waals surface area contributed by atoms with Crippen LogP contribution in [0.2, 0.25) is 0 Å². The minimum atomic E-state index is -3.41. The molecule has 32 heavy (non-hydrogen) atoms. The van der Waals surface area contributed by atoms with E-state index in [2.05, 4.69) is 16.0 Å². The fraction of sp³-hybridized carbons (Fsp3) is 0.760. The standard InChI is InChI=1S/C25H44N4O2S/c1-20-16-21(2)25(22(3)17-20)32(30,31)29-14-8-24(9-15-29)19-28-11-5-4-10-27-18-23-6-12-26-13-7-23/h16-17,23-24,26-28H,4-15,18-19H2,1-3H3. The van der Waals surface area contributed by atoms with Gasteiger partial charge in [-0.25, -0.2) is 8.42 Å². The fourth-order valence-electron chi connectivity index (χ4n) is 5.25. The third-order valence-electron chi connectivity index (χ3n) is 7.06. The van der Waals surface area contributed by atoms with E-state index in [0.717, 1.165) is 61.6 Å². The highest BCUT2D eigenvalue weighted by Gasteiger charge is 2.31. The Hall–Kier alpha value is -0.990. The number of hydrogen-bond acceptors (Lipinski definition) is 5. The normalized spacial score (nSPS) is 19.5. The largest absolute Gasteiger partial charge is 0.317 e. The number of nitrogens with zero attached hydrogens (tertiary/aromatic N) is 1. The molecule has 2 fully saturated rings. The molecule has 0 amide bonds. The van der Waals surface area contributed by atoms with Crippen LogP contribution < -0.4 is 16.0 Å². The van der Waals surface area contributed by atoms with Crippen molar-refractivity contribution < 1.29 is 8.42 Å². The molecular weight excluding hydrogens is 420 g/mol. The number of unbranched alkanes of at least 4 members (excludes halogenated alkanes) is 1. The lowest BCUT2D eigenvalue weighted by Crippen LogP contribution is -2.41. The van der Waals surface area contributed by atoms with Crippen molar-refractivity contribution in [1.29, 1.82) is 0 Å². The van der Waals surface area contributed by atoms with E-state index >= 15 is 0 Å². The summed E-state index contributed by atoms with van der Waals surface area (Å²) in [5.74, 6) is 1.42. The summed E-state index contributed by atoms with van der Waals surface area (Å²) in [6.45, 7) is 13.8. The van der Waals surface area contributed by atoms with Crippen molar-refractivity contribution >= 4 is 10.0 Å².